The van der Waals surface area contributed by atoms with Crippen LogP contribution in [0.4, 0.5) is 4.39 Å². The van der Waals surface area contributed by atoms with Crippen LogP contribution >= 0.6 is 0 Å². The van der Waals surface area contributed by atoms with Crippen molar-refractivity contribution >= 4 is 0 Å². The quantitative estimate of drug-likeness (QED) is 0.879. The Bertz CT molecular complexity index is 469. The zero-order valence-corrected chi connectivity index (χ0v) is 10.5. The molecule has 0 bridgehead atoms. The first-order chi connectivity index (χ1) is 8.60. The normalized spacial score (nSPS) is 22.2. The summed E-state index contributed by atoms with van der Waals surface area (Å²) in [6.45, 7) is 2.59. The summed E-state index contributed by atoms with van der Waals surface area (Å²) in [7, 11) is 0. The van der Waals surface area contributed by atoms with E-state index in [2.05, 4.69) is 0 Å². The highest BCUT2D eigenvalue weighted by atomic mass is 19.1. The highest BCUT2D eigenvalue weighted by molar-refractivity contribution is 5.51. The number of hydrogen-bond donors (Lipinski definition) is 1. The Hall–Kier alpha value is -1.29. The molecule has 0 spiro atoms. The summed E-state index contributed by atoms with van der Waals surface area (Å²) in [5.41, 5.74) is 7.47. The van der Waals surface area contributed by atoms with Crippen molar-refractivity contribution in [3.63, 3.8) is 0 Å². The van der Waals surface area contributed by atoms with Crippen LogP contribution in [0.25, 0.3) is 0 Å². The third-order valence-corrected chi connectivity index (χ3v) is 3.93. The van der Waals surface area contributed by atoms with Crippen molar-refractivity contribution in [3.05, 3.63) is 23.3 Å². The van der Waals surface area contributed by atoms with Crippen molar-refractivity contribution in [2.24, 2.45) is 5.73 Å². The fraction of sp³-hybridized carbons (Fsp3) is 0.571. The number of nitrogens with two attached hydrogens (primary N) is 1. The summed E-state index contributed by atoms with van der Waals surface area (Å²) in [5.74, 6) is 1.32. The Labute approximate surface area is 106 Å². The molecule has 1 saturated carbocycles. The Morgan fingerprint density at radius 2 is 1.83 bits per heavy atom. The average Bonchev–Trinajstić information content (AvgIpc) is 2.34. The topological polar surface area (TPSA) is 44.5 Å². The molecule has 1 aliphatic carbocycles. The molecule has 18 heavy (non-hydrogen) atoms. The lowest BCUT2D eigenvalue weighted by atomic mass is 9.70. The molecule has 1 atom stereocenters. The molecular formula is C14H18FNO2. The molecular weight excluding hydrogens is 233 g/mol. The van der Waals surface area contributed by atoms with E-state index < -0.39 is 6.17 Å². The van der Waals surface area contributed by atoms with Crippen LogP contribution in [-0.2, 0) is 5.54 Å². The van der Waals surface area contributed by atoms with Gasteiger partial charge in [0.15, 0.2) is 11.5 Å². The predicted molar refractivity (Wildman–Crippen MR) is 66.7 cm³/mol. The van der Waals surface area contributed by atoms with Gasteiger partial charge in [-0.2, -0.15) is 0 Å². The highest BCUT2D eigenvalue weighted by Crippen LogP contribution is 2.46. The lowest BCUT2D eigenvalue weighted by molar-refractivity contribution is 0.169. The van der Waals surface area contributed by atoms with Crippen LogP contribution in [0.5, 0.6) is 11.5 Å². The van der Waals surface area contributed by atoms with Crippen LogP contribution < -0.4 is 15.2 Å². The summed E-state index contributed by atoms with van der Waals surface area (Å²) in [6, 6.07) is 3.63. The van der Waals surface area contributed by atoms with Gasteiger partial charge in [-0.3, -0.25) is 0 Å². The molecule has 1 fully saturated rings. The van der Waals surface area contributed by atoms with Crippen molar-refractivity contribution < 1.29 is 13.9 Å². The van der Waals surface area contributed by atoms with E-state index in [4.69, 9.17) is 15.2 Å². The van der Waals surface area contributed by atoms with Gasteiger partial charge in [0.2, 0.25) is 0 Å². The predicted octanol–water partition coefficient (Wildman–Crippen LogP) is 2.83. The second-order valence-electron chi connectivity index (χ2n) is 5.21. The van der Waals surface area contributed by atoms with E-state index in [9.17, 15) is 4.39 Å². The van der Waals surface area contributed by atoms with Crippen molar-refractivity contribution in [2.75, 3.05) is 13.2 Å². The first kappa shape index (κ1) is 11.8. The molecule has 1 unspecified atom stereocenters. The molecule has 3 nitrogen and oxygen atoms in total. The molecule has 0 aromatic heterocycles. The van der Waals surface area contributed by atoms with Crippen LogP contribution in [-0.4, -0.2) is 13.2 Å². The van der Waals surface area contributed by atoms with Crippen molar-refractivity contribution in [2.45, 2.75) is 37.9 Å². The van der Waals surface area contributed by atoms with E-state index in [1.165, 1.54) is 6.92 Å². The minimum atomic E-state index is -1.04. The van der Waals surface area contributed by atoms with Crippen molar-refractivity contribution in [1.29, 1.82) is 0 Å². The Kier molecular flexibility index (Phi) is 2.70. The van der Waals surface area contributed by atoms with Gasteiger partial charge in [0.1, 0.15) is 19.4 Å². The van der Waals surface area contributed by atoms with Gasteiger partial charge in [-0.05, 0) is 49.4 Å². The molecule has 0 amide bonds. The van der Waals surface area contributed by atoms with E-state index in [-0.39, 0.29) is 5.54 Å². The molecule has 0 radical (unpaired) electrons. The Morgan fingerprint density at radius 1 is 1.22 bits per heavy atom. The molecule has 0 saturated heterocycles. The lowest BCUT2D eigenvalue weighted by Crippen LogP contribution is -2.44. The third-order valence-electron chi connectivity index (χ3n) is 3.93. The maximum atomic E-state index is 13.8. The minimum absolute atomic E-state index is 0.383. The number of rotatable bonds is 2. The molecule has 4 heteroatoms. The van der Waals surface area contributed by atoms with Gasteiger partial charge in [-0.25, -0.2) is 4.39 Å². The summed E-state index contributed by atoms with van der Waals surface area (Å²) in [5, 5.41) is 0. The number of fused-ring (bicyclic) bond motifs is 1. The van der Waals surface area contributed by atoms with E-state index in [0.717, 1.165) is 24.8 Å². The first-order valence-electron chi connectivity index (χ1n) is 6.47. The zero-order valence-electron chi connectivity index (χ0n) is 10.5. The number of hydrogen-bond acceptors (Lipinski definition) is 3. The number of benzene rings is 1. The SMILES string of the molecule is CC(F)c1cc2c(cc1C1(N)CCC1)OCCO2. The van der Waals surface area contributed by atoms with E-state index in [1.807, 2.05) is 6.07 Å². The van der Waals surface area contributed by atoms with Gasteiger partial charge in [0.25, 0.3) is 0 Å². The summed E-state index contributed by atoms with van der Waals surface area (Å²) in [4.78, 5) is 0. The Balaban J connectivity index is 2.10. The zero-order chi connectivity index (χ0) is 12.8. The van der Waals surface area contributed by atoms with Crippen LogP contribution in [0.1, 0.15) is 43.5 Å². The van der Waals surface area contributed by atoms with Gasteiger partial charge in [0, 0.05) is 5.54 Å². The van der Waals surface area contributed by atoms with E-state index in [1.54, 1.807) is 6.07 Å². The smallest absolute Gasteiger partial charge is 0.161 e. The van der Waals surface area contributed by atoms with Gasteiger partial charge in [-0.1, -0.05) is 0 Å². The number of halogens is 1. The van der Waals surface area contributed by atoms with Gasteiger partial charge in [0.05, 0.1) is 0 Å². The molecule has 1 heterocycles. The second kappa shape index (κ2) is 4.12. The molecule has 1 aromatic rings. The van der Waals surface area contributed by atoms with E-state index in [0.29, 0.717) is 30.3 Å². The minimum Gasteiger partial charge on any atom is -0.486 e. The van der Waals surface area contributed by atoms with Crippen molar-refractivity contribution in [3.8, 4) is 11.5 Å². The van der Waals surface area contributed by atoms with Gasteiger partial charge in [-0.15, -0.1) is 0 Å². The van der Waals surface area contributed by atoms with Crippen molar-refractivity contribution in [1.82, 2.24) is 0 Å². The molecule has 2 aliphatic rings. The summed E-state index contributed by atoms with van der Waals surface area (Å²) >= 11 is 0. The van der Waals surface area contributed by atoms with Crippen LogP contribution in [0.2, 0.25) is 0 Å². The third kappa shape index (κ3) is 1.75. The summed E-state index contributed by atoms with van der Waals surface area (Å²) < 4.78 is 24.9. The largest absolute Gasteiger partial charge is 0.486 e. The molecule has 98 valence electrons. The standard InChI is InChI=1S/C14H18FNO2/c1-9(15)10-7-12-13(18-6-5-17-12)8-11(10)14(16)3-2-4-14/h7-9H,2-6,16H2,1H3. The van der Waals surface area contributed by atoms with Gasteiger partial charge >= 0.3 is 0 Å². The Morgan fingerprint density at radius 3 is 2.33 bits per heavy atom. The highest BCUT2D eigenvalue weighted by Gasteiger charge is 2.38. The first-order valence-corrected chi connectivity index (χ1v) is 6.47. The van der Waals surface area contributed by atoms with E-state index >= 15 is 0 Å². The number of alkyl halides is 1. The average molecular weight is 251 g/mol. The van der Waals surface area contributed by atoms with Crippen LogP contribution in [0, 0.1) is 0 Å². The maximum Gasteiger partial charge on any atom is 0.161 e. The molecule has 2 N–H and O–H groups in total. The maximum absolute atomic E-state index is 13.8. The van der Waals surface area contributed by atoms with Gasteiger partial charge < -0.3 is 15.2 Å². The monoisotopic (exact) mass is 251 g/mol. The fourth-order valence-corrected chi connectivity index (χ4v) is 2.69. The number of ether oxygens (including phenoxy) is 2. The van der Waals surface area contributed by atoms with Crippen LogP contribution in [0.15, 0.2) is 12.1 Å². The van der Waals surface area contributed by atoms with Crippen LogP contribution in [0.3, 0.4) is 0 Å². The molecule has 3 rings (SSSR count). The summed E-state index contributed by atoms with van der Waals surface area (Å²) in [6.07, 6.45) is 1.88. The molecule has 1 aliphatic heterocycles. The lowest BCUT2D eigenvalue weighted by Gasteiger charge is -2.40. The molecule has 1 aromatic carbocycles. The fourth-order valence-electron chi connectivity index (χ4n) is 2.69. The second-order valence-corrected chi connectivity index (χ2v) is 5.21.